The smallest absolute Gasteiger partial charge is 0.261 e. The number of pyridine rings is 1. The van der Waals surface area contributed by atoms with Gasteiger partial charge in [-0.1, -0.05) is 27.7 Å². The summed E-state index contributed by atoms with van der Waals surface area (Å²) in [6.45, 7) is 4.41. The van der Waals surface area contributed by atoms with E-state index < -0.39 is 5.82 Å². The summed E-state index contributed by atoms with van der Waals surface area (Å²) in [5.74, 6) is 1.56. The Hall–Kier alpha value is -2.01. The van der Waals surface area contributed by atoms with Crippen molar-refractivity contribution in [1.29, 1.82) is 0 Å². The number of piperidine rings is 1. The Morgan fingerprint density at radius 2 is 2.11 bits per heavy atom. The van der Waals surface area contributed by atoms with Crippen LogP contribution in [0.15, 0.2) is 16.7 Å². The number of anilines is 1. The van der Waals surface area contributed by atoms with Crippen LogP contribution in [0.3, 0.4) is 0 Å². The molecule has 28 heavy (non-hydrogen) atoms. The average Bonchev–Trinajstić information content (AvgIpc) is 3.08. The van der Waals surface area contributed by atoms with E-state index in [0.717, 1.165) is 30.5 Å². The van der Waals surface area contributed by atoms with Crippen molar-refractivity contribution in [3.63, 3.8) is 0 Å². The monoisotopic (exact) mass is 497 g/mol. The maximum atomic E-state index is 14.8. The highest BCUT2D eigenvalue weighted by Gasteiger charge is 2.31. The van der Waals surface area contributed by atoms with Crippen molar-refractivity contribution in [2.24, 2.45) is 5.73 Å². The van der Waals surface area contributed by atoms with Crippen LogP contribution in [-0.4, -0.2) is 38.9 Å². The molecule has 0 radical (unpaired) electrons. The molecule has 2 aromatic heterocycles. The molecule has 1 saturated heterocycles. The van der Waals surface area contributed by atoms with Gasteiger partial charge in [-0.15, -0.1) is 0 Å². The van der Waals surface area contributed by atoms with E-state index in [9.17, 15) is 4.39 Å². The van der Waals surface area contributed by atoms with Crippen LogP contribution < -0.4 is 15.4 Å². The molecule has 0 bridgehead atoms. The Morgan fingerprint density at radius 1 is 1.32 bits per heavy atom. The van der Waals surface area contributed by atoms with Crippen molar-refractivity contribution in [2.45, 2.75) is 36.8 Å². The quantitative estimate of drug-likeness (QED) is 0.335. The van der Waals surface area contributed by atoms with Crippen LogP contribution in [0.5, 0.6) is 5.75 Å². The van der Waals surface area contributed by atoms with Crippen LogP contribution >= 0.6 is 22.6 Å². The van der Waals surface area contributed by atoms with E-state index in [2.05, 4.69) is 37.6 Å². The number of alkyl halides is 1. The molecular weight excluding hydrogens is 476 g/mol. The average molecular weight is 497 g/mol. The lowest BCUT2D eigenvalue weighted by molar-refractivity contribution is 0.412. The number of nitrogens with two attached hydrogens (primary N) is 1. The molecule has 0 amide bonds. The summed E-state index contributed by atoms with van der Waals surface area (Å²) < 4.78 is 25.7. The minimum atomic E-state index is -0.425. The molecule has 1 aliphatic heterocycles. The standard InChI is InChI=1S/C19H21FIN5O2/c1-9-13-7-12(27-3)8-14(20)17(13)24-18(16(9)19-23-10(2)25-28-19)26-5-4-11(22)6-15(26)21/h7-8,11,15H,4-6,22H2,1-3H3/t11-,15-/m0/s1. The van der Waals surface area contributed by atoms with Gasteiger partial charge in [0, 0.05) is 24.0 Å². The summed E-state index contributed by atoms with van der Waals surface area (Å²) in [4.78, 5) is 11.3. The number of halogens is 2. The number of rotatable bonds is 3. The first-order valence-electron chi connectivity index (χ1n) is 9.04. The Morgan fingerprint density at radius 3 is 2.75 bits per heavy atom. The molecule has 0 unspecified atom stereocenters. The van der Waals surface area contributed by atoms with Gasteiger partial charge in [-0.25, -0.2) is 9.37 Å². The molecule has 1 aromatic carbocycles. The van der Waals surface area contributed by atoms with Gasteiger partial charge in [-0.05, 0) is 38.3 Å². The molecule has 0 aliphatic carbocycles. The molecule has 1 fully saturated rings. The molecule has 3 heterocycles. The lowest BCUT2D eigenvalue weighted by atomic mass is 10.0. The van der Waals surface area contributed by atoms with Crippen molar-refractivity contribution in [3.05, 3.63) is 29.3 Å². The number of fused-ring (bicyclic) bond motifs is 1. The molecule has 2 atom stereocenters. The van der Waals surface area contributed by atoms with E-state index in [1.165, 1.54) is 13.2 Å². The van der Waals surface area contributed by atoms with Gasteiger partial charge in [0.25, 0.3) is 5.89 Å². The molecule has 3 aromatic rings. The fourth-order valence-electron chi connectivity index (χ4n) is 3.60. The summed E-state index contributed by atoms with van der Waals surface area (Å²) in [5, 5.41) is 4.59. The number of methoxy groups -OCH3 is 1. The Kier molecular flexibility index (Phi) is 5.13. The largest absolute Gasteiger partial charge is 0.497 e. The molecule has 2 N–H and O–H groups in total. The fraction of sp³-hybridized carbons (Fsp3) is 0.421. The van der Waals surface area contributed by atoms with Crippen molar-refractivity contribution in [1.82, 2.24) is 15.1 Å². The molecular formula is C19H21FIN5O2. The summed E-state index contributed by atoms with van der Waals surface area (Å²) in [7, 11) is 1.51. The third-order valence-corrected chi connectivity index (χ3v) is 6.26. The number of aromatic nitrogens is 3. The lowest BCUT2D eigenvalue weighted by Gasteiger charge is -2.37. The van der Waals surface area contributed by atoms with Crippen LogP contribution in [0.2, 0.25) is 0 Å². The van der Waals surface area contributed by atoms with E-state index in [1.807, 2.05) is 6.92 Å². The third kappa shape index (κ3) is 3.30. The Labute approximate surface area is 175 Å². The van der Waals surface area contributed by atoms with E-state index in [0.29, 0.717) is 34.2 Å². The van der Waals surface area contributed by atoms with E-state index in [4.69, 9.17) is 20.0 Å². The van der Waals surface area contributed by atoms with Crippen LogP contribution in [0.25, 0.3) is 22.4 Å². The summed E-state index contributed by atoms with van der Waals surface area (Å²) >= 11 is 2.36. The van der Waals surface area contributed by atoms with Gasteiger partial charge in [-0.3, -0.25) is 0 Å². The lowest BCUT2D eigenvalue weighted by Crippen LogP contribution is -2.44. The van der Waals surface area contributed by atoms with Crippen LogP contribution in [0.4, 0.5) is 10.2 Å². The zero-order chi connectivity index (χ0) is 20.0. The number of hydrogen-bond donors (Lipinski definition) is 1. The summed E-state index contributed by atoms with van der Waals surface area (Å²) in [5.41, 5.74) is 7.97. The molecule has 1 aliphatic rings. The molecule has 9 heteroatoms. The van der Waals surface area contributed by atoms with Crippen molar-refractivity contribution >= 4 is 39.3 Å². The highest BCUT2D eigenvalue weighted by Crippen LogP contribution is 2.40. The fourth-order valence-corrected chi connectivity index (χ4v) is 4.79. The molecule has 148 valence electrons. The minimum absolute atomic E-state index is 0.134. The second kappa shape index (κ2) is 7.43. The SMILES string of the molecule is COc1cc(F)c2nc(N3CC[C@H](N)C[C@H]3I)c(-c3nc(C)no3)c(C)c2c1. The summed E-state index contributed by atoms with van der Waals surface area (Å²) in [6.07, 6.45) is 1.67. The number of aryl methyl sites for hydroxylation is 2. The highest BCUT2D eigenvalue weighted by atomic mass is 127. The first kappa shape index (κ1) is 19.3. The van der Waals surface area contributed by atoms with E-state index in [-0.39, 0.29) is 10.1 Å². The minimum Gasteiger partial charge on any atom is -0.497 e. The zero-order valence-electron chi connectivity index (χ0n) is 15.9. The first-order chi connectivity index (χ1) is 13.4. The van der Waals surface area contributed by atoms with Gasteiger partial charge in [0.05, 0.1) is 16.7 Å². The van der Waals surface area contributed by atoms with Gasteiger partial charge >= 0.3 is 0 Å². The van der Waals surface area contributed by atoms with Gasteiger partial charge in [-0.2, -0.15) is 4.98 Å². The molecule has 7 nitrogen and oxygen atoms in total. The van der Waals surface area contributed by atoms with Gasteiger partial charge in [0.1, 0.15) is 17.1 Å². The first-order valence-corrected chi connectivity index (χ1v) is 10.3. The van der Waals surface area contributed by atoms with Gasteiger partial charge in [0.2, 0.25) is 0 Å². The van der Waals surface area contributed by atoms with Crippen LogP contribution in [0, 0.1) is 19.7 Å². The molecule has 4 rings (SSSR count). The molecule has 0 saturated carbocycles. The number of hydrogen-bond acceptors (Lipinski definition) is 7. The Balaban J connectivity index is 2.00. The number of nitrogens with zero attached hydrogens (tertiary/aromatic N) is 4. The van der Waals surface area contributed by atoms with E-state index in [1.54, 1.807) is 13.0 Å². The maximum absolute atomic E-state index is 14.8. The highest BCUT2D eigenvalue weighted by molar-refractivity contribution is 14.1. The van der Waals surface area contributed by atoms with Crippen molar-refractivity contribution in [3.8, 4) is 17.2 Å². The van der Waals surface area contributed by atoms with Gasteiger partial charge in [0.15, 0.2) is 11.6 Å². The van der Waals surface area contributed by atoms with Crippen LogP contribution in [0.1, 0.15) is 24.2 Å². The zero-order valence-corrected chi connectivity index (χ0v) is 18.0. The maximum Gasteiger partial charge on any atom is 0.261 e. The van der Waals surface area contributed by atoms with Gasteiger partial charge < -0.3 is 19.9 Å². The predicted octanol–water partition coefficient (Wildman–Crippen LogP) is 3.74. The van der Waals surface area contributed by atoms with Crippen LogP contribution in [-0.2, 0) is 0 Å². The van der Waals surface area contributed by atoms with Crippen molar-refractivity contribution in [2.75, 3.05) is 18.6 Å². The van der Waals surface area contributed by atoms with E-state index >= 15 is 0 Å². The Bertz CT molecular complexity index is 1040. The second-order valence-electron chi connectivity index (χ2n) is 7.00. The predicted molar refractivity (Wildman–Crippen MR) is 113 cm³/mol. The third-order valence-electron chi connectivity index (χ3n) is 5.08. The number of benzene rings is 1. The number of ether oxygens (including phenoxy) is 1. The molecule has 0 spiro atoms. The topological polar surface area (TPSA) is 90.3 Å². The normalized spacial score (nSPS) is 20.0. The second-order valence-corrected chi connectivity index (χ2v) is 8.44. The summed E-state index contributed by atoms with van der Waals surface area (Å²) in [6, 6.07) is 3.28. The van der Waals surface area contributed by atoms with Crippen molar-refractivity contribution < 1.29 is 13.7 Å².